The fraction of sp³-hybridized carbons (Fsp3) is 0.421. The summed E-state index contributed by atoms with van der Waals surface area (Å²) < 4.78 is 23.3. The number of ether oxygens (including phenoxy) is 4. The van der Waals surface area contributed by atoms with Crippen molar-refractivity contribution in [2.24, 2.45) is 0 Å². The number of rotatable bonds is 3. The lowest BCUT2D eigenvalue weighted by Crippen LogP contribution is -2.57. The predicted octanol–water partition coefficient (Wildman–Crippen LogP) is 0.445. The molecule has 4 rings (SSSR count). The summed E-state index contributed by atoms with van der Waals surface area (Å²) in [6.45, 7) is 0.322. The second kappa shape index (κ2) is 7.80. The summed E-state index contributed by atoms with van der Waals surface area (Å²) in [4.78, 5) is 28.2. The van der Waals surface area contributed by atoms with Crippen LogP contribution in [0.25, 0.3) is 0 Å². The van der Waals surface area contributed by atoms with E-state index in [2.05, 4.69) is 9.72 Å². The Morgan fingerprint density at radius 2 is 2.04 bits per heavy atom. The minimum Gasteiger partial charge on any atom is -0.464 e. The summed E-state index contributed by atoms with van der Waals surface area (Å²) in [6, 6.07) is 8.63. The van der Waals surface area contributed by atoms with Crippen LogP contribution in [0.3, 0.4) is 0 Å². The molecule has 28 heavy (non-hydrogen) atoms. The normalized spacial score (nSPS) is 29.7. The molecule has 2 fully saturated rings. The van der Waals surface area contributed by atoms with Crippen LogP contribution in [-0.4, -0.2) is 59.3 Å². The first-order valence-electron chi connectivity index (χ1n) is 8.87. The lowest BCUT2D eigenvalue weighted by atomic mass is 9.96. The fourth-order valence-electron chi connectivity index (χ4n) is 3.48. The van der Waals surface area contributed by atoms with Crippen LogP contribution in [0.15, 0.2) is 47.5 Å². The smallest absolute Gasteiger partial charge is 0.362 e. The second-order valence-electron chi connectivity index (χ2n) is 6.59. The standard InChI is InChI=1S/C19H20N2O7/c1-25-18(24)14-17(23)21(8-7-20-14)12-9-26-13-10-27-19(28-16(13)15(12)22)11-5-3-2-4-6-11/h2-8,12-13,15-16,19,22H,9-10H2,1H3/t12-,13+,15+,16-,19?/m0/s1. The van der Waals surface area contributed by atoms with Crippen molar-refractivity contribution >= 4 is 5.97 Å². The molecule has 2 aromatic rings. The Morgan fingerprint density at radius 1 is 1.25 bits per heavy atom. The first-order valence-corrected chi connectivity index (χ1v) is 8.87. The second-order valence-corrected chi connectivity index (χ2v) is 6.59. The van der Waals surface area contributed by atoms with E-state index in [1.165, 1.54) is 24.1 Å². The summed E-state index contributed by atoms with van der Waals surface area (Å²) in [5.41, 5.74) is -0.189. The van der Waals surface area contributed by atoms with E-state index in [0.29, 0.717) is 0 Å². The number of fused-ring (bicyclic) bond motifs is 1. The van der Waals surface area contributed by atoms with E-state index in [9.17, 15) is 14.7 Å². The molecule has 1 aromatic heterocycles. The Labute approximate surface area is 160 Å². The molecular weight excluding hydrogens is 368 g/mol. The molecule has 2 saturated heterocycles. The molecule has 0 amide bonds. The van der Waals surface area contributed by atoms with E-state index in [4.69, 9.17) is 14.2 Å². The number of esters is 1. The van der Waals surface area contributed by atoms with Gasteiger partial charge in [0.15, 0.2) is 6.29 Å². The van der Waals surface area contributed by atoms with Crippen LogP contribution in [0.4, 0.5) is 0 Å². The molecule has 9 nitrogen and oxygen atoms in total. The highest BCUT2D eigenvalue weighted by atomic mass is 16.7. The van der Waals surface area contributed by atoms with Crippen molar-refractivity contribution in [3.63, 3.8) is 0 Å². The molecule has 0 saturated carbocycles. The number of aromatic nitrogens is 2. The van der Waals surface area contributed by atoms with E-state index >= 15 is 0 Å². The number of aliphatic hydroxyl groups is 1. The lowest BCUT2D eigenvalue weighted by Gasteiger charge is -2.45. The van der Waals surface area contributed by atoms with Crippen LogP contribution in [-0.2, 0) is 18.9 Å². The molecule has 2 aliphatic heterocycles. The minimum atomic E-state index is -1.04. The lowest BCUT2D eigenvalue weighted by molar-refractivity contribution is -0.306. The summed E-state index contributed by atoms with van der Waals surface area (Å²) in [5, 5.41) is 10.9. The van der Waals surface area contributed by atoms with Gasteiger partial charge in [0.05, 0.1) is 26.4 Å². The van der Waals surface area contributed by atoms with Gasteiger partial charge in [-0.05, 0) is 0 Å². The maximum Gasteiger partial charge on any atom is 0.362 e. The van der Waals surface area contributed by atoms with Gasteiger partial charge in [-0.15, -0.1) is 0 Å². The van der Waals surface area contributed by atoms with E-state index in [1.807, 2.05) is 30.3 Å². The molecular formula is C19H20N2O7. The van der Waals surface area contributed by atoms with Gasteiger partial charge < -0.3 is 28.6 Å². The van der Waals surface area contributed by atoms with Crippen molar-refractivity contribution in [3.8, 4) is 0 Å². The number of methoxy groups -OCH3 is 1. The van der Waals surface area contributed by atoms with Crippen LogP contribution in [0.1, 0.15) is 28.4 Å². The van der Waals surface area contributed by atoms with Crippen LogP contribution >= 0.6 is 0 Å². The Kier molecular flexibility index (Phi) is 5.23. The van der Waals surface area contributed by atoms with Crippen LogP contribution < -0.4 is 5.56 Å². The fourth-order valence-corrected chi connectivity index (χ4v) is 3.48. The van der Waals surface area contributed by atoms with Gasteiger partial charge in [-0.2, -0.15) is 0 Å². The zero-order valence-electron chi connectivity index (χ0n) is 15.1. The van der Waals surface area contributed by atoms with E-state index in [0.717, 1.165) is 5.56 Å². The van der Waals surface area contributed by atoms with E-state index in [-0.39, 0.29) is 18.9 Å². The van der Waals surface area contributed by atoms with Crippen molar-refractivity contribution in [2.75, 3.05) is 20.3 Å². The molecule has 3 heterocycles. The van der Waals surface area contributed by atoms with E-state index in [1.54, 1.807) is 0 Å². The number of benzene rings is 1. The highest BCUT2D eigenvalue weighted by Gasteiger charge is 2.46. The third-order valence-corrected chi connectivity index (χ3v) is 4.95. The molecule has 1 aromatic carbocycles. The molecule has 1 unspecified atom stereocenters. The zero-order valence-corrected chi connectivity index (χ0v) is 15.1. The van der Waals surface area contributed by atoms with Gasteiger partial charge in [0.25, 0.3) is 5.56 Å². The molecule has 0 bridgehead atoms. The Bertz CT molecular complexity index is 901. The Hall–Kier alpha value is -2.59. The molecule has 0 aliphatic carbocycles. The van der Waals surface area contributed by atoms with Gasteiger partial charge >= 0.3 is 5.97 Å². The third-order valence-electron chi connectivity index (χ3n) is 4.95. The molecule has 1 N–H and O–H groups in total. The first-order chi connectivity index (χ1) is 13.6. The zero-order chi connectivity index (χ0) is 19.7. The number of aliphatic hydroxyl groups excluding tert-OH is 1. The van der Waals surface area contributed by atoms with Gasteiger partial charge in [0.2, 0.25) is 5.69 Å². The summed E-state index contributed by atoms with van der Waals surface area (Å²) in [6.07, 6.45) is -0.119. The van der Waals surface area contributed by atoms with Crippen molar-refractivity contribution in [3.05, 3.63) is 64.3 Å². The molecule has 0 radical (unpaired) electrons. The molecule has 9 heteroatoms. The van der Waals surface area contributed by atoms with Gasteiger partial charge in [0, 0.05) is 18.0 Å². The number of hydrogen-bond donors (Lipinski definition) is 1. The molecule has 148 valence electrons. The largest absolute Gasteiger partial charge is 0.464 e. The summed E-state index contributed by atoms with van der Waals surface area (Å²) in [5.74, 6) is -0.838. The van der Waals surface area contributed by atoms with Crippen LogP contribution in [0.2, 0.25) is 0 Å². The average molecular weight is 388 g/mol. The highest BCUT2D eigenvalue weighted by Crippen LogP contribution is 2.34. The van der Waals surface area contributed by atoms with Gasteiger partial charge in [-0.3, -0.25) is 4.79 Å². The summed E-state index contributed by atoms with van der Waals surface area (Å²) in [7, 11) is 1.17. The van der Waals surface area contributed by atoms with Crippen LogP contribution in [0, 0.1) is 0 Å². The topological polar surface area (TPSA) is 109 Å². The quantitative estimate of drug-likeness (QED) is 0.755. The van der Waals surface area contributed by atoms with Crippen molar-refractivity contribution < 1.29 is 28.8 Å². The molecule has 2 aliphatic rings. The summed E-state index contributed by atoms with van der Waals surface area (Å²) >= 11 is 0. The highest BCUT2D eigenvalue weighted by molar-refractivity contribution is 5.86. The number of hydrogen-bond acceptors (Lipinski definition) is 8. The third kappa shape index (κ3) is 3.33. The minimum absolute atomic E-state index is 0.0651. The van der Waals surface area contributed by atoms with Gasteiger partial charge in [0.1, 0.15) is 18.3 Å². The average Bonchev–Trinajstić information content (AvgIpc) is 2.74. The van der Waals surface area contributed by atoms with Crippen molar-refractivity contribution in [1.82, 2.24) is 9.55 Å². The first kappa shape index (κ1) is 18.8. The maximum atomic E-state index is 12.6. The maximum absolute atomic E-state index is 12.6. The SMILES string of the molecule is COC(=O)c1nccn([C@H]2CO[C@@H]3COC(c4ccccc4)O[C@@H]3[C@@H]2O)c1=O. The van der Waals surface area contributed by atoms with Crippen LogP contribution in [0.5, 0.6) is 0 Å². The number of carbonyl (C=O) groups is 1. The van der Waals surface area contributed by atoms with E-state index < -0.39 is 42.2 Å². The predicted molar refractivity (Wildman–Crippen MR) is 94.6 cm³/mol. The Morgan fingerprint density at radius 3 is 2.79 bits per heavy atom. The van der Waals surface area contributed by atoms with Gasteiger partial charge in [-0.25, -0.2) is 9.78 Å². The Balaban J connectivity index is 1.59. The number of carbonyl (C=O) groups excluding carboxylic acids is 1. The van der Waals surface area contributed by atoms with Crippen molar-refractivity contribution in [1.29, 1.82) is 0 Å². The van der Waals surface area contributed by atoms with Crippen molar-refractivity contribution in [2.45, 2.75) is 30.6 Å². The molecule has 5 atom stereocenters. The van der Waals surface area contributed by atoms with Gasteiger partial charge in [-0.1, -0.05) is 30.3 Å². The number of nitrogens with zero attached hydrogens (tertiary/aromatic N) is 2. The monoisotopic (exact) mass is 388 g/mol. The molecule has 0 spiro atoms.